The molecule has 0 aromatic carbocycles. The number of fused-ring (bicyclic) bond motifs is 1. The molecule has 1 N–H and O–H groups in total. The zero-order chi connectivity index (χ0) is 18.7. The van der Waals surface area contributed by atoms with Gasteiger partial charge < -0.3 is 19.7 Å². The van der Waals surface area contributed by atoms with Crippen LogP contribution in [0.1, 0.15) is 23.2 Å². The molecular weight excluding hydrogens is 336 g/mol. The van der Waals surface area contributed by atoms with Crippen LogP contribution in [0.4, 0.5) is 0 Å². The number of ether oxygens (including phenoxy) is 2. The van der Waals surface area contributed by atoms with E-state index in [-0.39, 0.29) is 30.0 Å². The van der Waals surface area contributed by atoms with Gasteiger partial charge in [-0.15, -0.1) is 0 Å². The van der Waals surface area contributed by atoms with Crippen molar-refractivity contribution in [2.45, 2.75) is 31.0 Å². The zero-order valence-corrected chi connectivity index (χ0v) is 15.5. The van der Waals surface area contributed by atoms with Gasteiger partial charge in [0, 0.05) is 57.1 Å². The van der Waals surface area contributed by atoms with Gasteiger partial charge in [0.15, 0.2) is 0 Å². The summed E-state index contributed by atoms with van der Waals surface area (Å²) >= 11 is 0. The highest BCUT2D eigenvalue weighted by atomic mass is 16.5. The number of pyridine rings is 1. The lowest BCUT2D eigenvalue weighted by Gasteiger charge is -2.35. The van der Waals surface area contributed by atoms with E-state index in [1.54, 1.807) is 37.3 Å². The highest BCUT2D eigenvalue weighted by Crippen LogP contribution is 2.25. The van der Waals surface area contributed by atoms with Gasteiger partial charge in [-0.25, -0.2) is 4.98 Å². The molecule has 2 aliphatic rings. The molecule has 2 amide bonds. The van der Waals surface area contributed by atoms with Gasteiger partial charge in [-0.2, -0.15) is 0 Å². The largest absolute Gasteiger partial charge is 0.481 e. The molecule has 3 heterocycles. The number of hydrogen-bond donors (Lipinski definition) is 1. The lowest BCUT2D eigenvalue weighted by molar-refractivity contribution is -0.134. The van der Waals surface area contributed by atoms with E-state index < -0.39 is 0 Å². The molecule has 26 heavy (non-hydrogen) atoms. The summed E-state index contributed by atoms with van der Waals surface area (Å²) in [6.07, 6.45) is 2.72. The van der Waals surface area contributed by atoms with Crippen molar-refractivity contribution in [1.29, 1.82) is 0 Å². The second-order valence-corrected chi connectivity index (χ2v) is 7.05. The van der Waals surface area contributed by atoms with E-state index in [0.29, 0.717) is 24.5 Å². The molecule has 8 heteroatoms. The van der Waals surface area contributed by atoms with Crippen LogP contribution in [0.3, 0.4) is 0 Å². The number of morpholine rings is 1. The topological polar surface area (TPSA) is 84.0 Å². The summed E-state index contributed by atoms with van der Waals surface area (Å²) in [7, 11) is 5.03. The Hall–Kier alpha value is -2.19. The number of carbonyl (C=O) groups excluding carboxylic acids is 2. The van der Waals surface area contributed by atoms with Crippen molar-refractivity contribution in [3.8, 4) is 5.88 Å². The summed E-state index contributed by atoms with van der Waals surface area (Å²) in [5.41, 5.74) is 0.535. The average molecular weight is 362 g/mol. The molecule has 0 aliphatic carbocycles. The van der Waals surface area contributed by atoms with Crippen LogP contribution in [0, 0.1) is 0 Å². The van der Waals surface area contributed by atoms with E-state index in [0.717, 1.165) is 19.5 Å². The van der Waals surface area contributed by atoms with E-state index in [9.17, 15) is 9.59 Å². The molecule has 2 aliphatic heterocycles. The number of nitrogens with one attached hydrogen (secondary N) is 1. The Labute approximate surface area is 153 Å². The van der Waals surface area contributed by atoms with Crippen molar-refractivity contribution < 1.29 is 19.1 Å². The normalized spacial score (nSPS) is 25.4. The van der Waals surface area contributed by atoms with Crippen LogP contribution in [-0.2, 0) is 9.53 Å². The number of nitrogens with zero attached hydrogens (tertiary/aromatic N) is 3. The first-order chi connectivity index (χ1) is 12.5. The summed E-state index contributed by atoms with van der Waals surface area (Å²) in [4.78, 5) is 32.3. The number of amides is 2. The minimum absolute atomic E-state index is 0.0681. The fraction of sp³-hybridized carbons (Fsp3) is 0.611. The third kappa shape index (κ3) is 4.31. The molecule has 0 saturated carbocycles. The van der Waals surface area contributed by atoms with Gasteiger partial charge in [0.2, 0.25) is 11.8 Å². The molecule has 8 nitrogen and oxygen atoms in total. The Morgan fingerprint density at radius 1 is 1.42 bits per heavy atom. The molecule has 2 fully saturated rings. The second-order valence-electron chi connectivity index (χ2n) is 7.05. The Morgan fingerprint density at radius 3 is 2.96 bits per heavy atom. The molecule has 3 rings (SSSR count). The summed E-state index contributed by atoms with van der Waals surface area (Å²) in [5.74, 6) is 0.364. The molecule has 142 valence electrons. The summed E-state index contributed by atoms with van der Waals surface area (Å²) in [6.45, 7) is 2.09. The Balaban J connectivity index is 1.53. The quantitative estimate of drug-likeness (QED) is 0.802. The van der Waals surface area contributed by atoms with Crippen molar-refractivity contribution in [2.75, 3.05) is 40.9 Å². The second kappa shape index (κ2) is 8.01. The third-order valence-electron chi connectivity index (χ3n) is 4.93. The first-order valence-corrected chi connectivity index (χ1v) is 8.83. The lowest BCUT2D eigenvalue weighted by atomic mass is 10.1. The number of rotatable bonds is 5. The van der Waals surface area contributed by atoms with Gasteiger partial charge in [-0.05, 0) is 12.5 Å². The fourth-order valence-electron chi connectivity index (χ4n) is 3.48. The van der Waals surface area contributed by atoms with Crippen molar-refractivity contribution >= 4 is 11.8 Å². The maximum Gasteiger partial charge on any atom is 0.251 e. The number of methoxy groups -OCH3 is 1. The number of hydrogen-bond acceptors (Lipinski definition) is 6. The third-order valence-corrected chi connectivity index (χ3v) is 4.93. The van der Waals surface area contributed by atoms with Crippen LogP contribution in [-0.4, -0.2) is 85.7 Å². The van der Waals surface area contributed by atoms with Gasteiger partial charge in [0.1, 0.15) is 0 Å². The average Bonchev–Trinajstić information content (AvgIpc) is 3.03. The van der Waals surface area contributed by atoms with E-state index in [4.69, 9.17) is 9.47 Å². The van der Waals surface area contributed by atoms with Crippen LogP contribution >= 0.6 is 0 Å². The molecule has 3 atom stereocenters. The van der Waals surface area contributed by atoms with Crippen LogP contribution in [0.25, 0.3) is 0 Å². The predicted molar refractivity (Wildman–Crippen MR) is 95.1 cm³/mol. The van der Waals surface area contributed by atoms with Gasteiger partial charge in [-0.1, -0.05) is 0 Å². The summed E-state index contributed by atoms with van der Waals surface area (Å²) in [6, 6.07) is 3.66. The van der Waals surface area contributed by atoms with Crippen LogP contribution in [0.15, 0.2) is 18.3 Å². The Morgan fingerprint density at radius 2 is 2.23 bits per heavy atom. The van der Waals surface area contributed by atoms with Gasteiger partial charge in [-0.3, -0.25) is 14.5 Å². The minimum atomic E-state index is -0.129. The molecular formula is C18H26N4O4. The van der Waals surface area contributed by atoms with E-state index in [1.165, 1.54) is 7.11 Å². The lowest BCUT2D eigenvalue weighted by Crippen LogP contribution is -2.47. The van der Waals surface area contributed by atoms with Crippen LogP contribution in [0.5, 0.6) is 5.88 Å². The molecule has 2 saturated heterocycles. The van der Waals surface area contributed by atoms with Crippen molar-refractivity contribution in [3.63, 3.8) is 0 Å². The van der Waals surface area contributed by atoms with E-state index in [1.807, 2.05) is 0 Å². The predicted octanol–water partition coefficient (Wildman–Crippen LogP) is 0.140. The van der Waals surface area contributed by atoms with E-state index in [2.05, 4.69) is 15.2 Å². The first kappa shape index (κ1) is 18.6. The van der Waals surface area contributed by atoms with Gasteiger partial charge >= 0.3 is 0 Å². The van der Waals surface area contributed by atoms with Crippen LogP contribution in [0.2, 0.25) is 0 Å². The fourth-order valence-corrected chi connectivity index (χ4v) is 3.48. The van der Waals surface area contributed by atoms with Crippen LogP contribution < -0.4 is 10.1 Å². The SMILES string of the molecule is COc1cc(C(=O)N[C@H]2C[C@H]3CO[C@@H](CC(=O)N(C)C)CN3C2)ccn1. The first-order valence-electron chi connectivity index (χ1n) is 8.83. The molecule has 1 aromatic rings. The Kier molecular flexibility index (Phi) is 5.73. The highest BCUT2D eigenvalue weighted by molar-refractivity contribution is 5.94. The summed E-state index contributed by atoms with van der Waals surface area (Å²) < 4.78 is 10.9. The van der Waals surface area contributed by atoms with Crippen molar-refractivity contribution in [1.82, 2.24) is 20.1 Å². The molecule has 0 unspecified atom stereocenters. The zero-order valence-electron chi connectivity index (χ0n) is 15.5. The summed E-state index contributed by atoms with van der Waals surface area (Å²) in [5, 5.41) is 3.08. The van der Waals surface area contributed by atoms with Gasteiger partial charge in [0.25, 0.3) is 5.91 Å². The number of aromatic nitrogens is 1. The molecule has 0 radical (unpaired) electrons. The van der Waals surface area contributed by atoms with Crippen molar-refractivity contribution in [2.24, 2.45) is 0 Å². The molecule has 0 spiro atoms. The Bertz CT molecular complexity index is 666. The minimum Gasteiger partial charge on any atom is -0.481 e. The van der Waals surface area contributed by atoms with Crippen molar-refractivity contribution in [3.05, 3.63) is 23.9 Å². The monoisotopic (exact) mass is 362 g/mol. The highest BCUT2D eigenvalue weighted by Gasteiger charge is 2.38. The molecule has 1 aromatic heterocycles. The number of carbonyl (C=O) groups is 2. The molecule has 0 bridgehead atoms. The van der Waals surface area contributed by atoms with Gasteiger partial charge in [0.05, 0.1) is 26.2 Å². The smallest absolute Gasteiger partial charge is 0.251 e. The standard InChI is InChI=1S/C18H26N4O4/c1-21(2)17(23)8-15-10-22-9-13(7-14(22)11-26-15)20-18(24)12-4-5-19-16(6-12)25-3/h4-6,13-15H,7-11H2,1-3H3,(H,20,24)/t13-,14-,15-/m0/s1. The maximum atomic E-state index is 12.5. The van der Waals surface area contributed by atoms with E-state index >= 15 is 0 Å². The maximum absolute atomic E-state index is 12.5.